The van der Waals surface area contributed by atoms with Crippen molar-refractivity contribution in [1.82, 2.24) is 20.1 Å². The number of amides is 1. The highest BCUT2D eigenvalue weighted by Gasteiger charge is 2.27. The van der Waals surface area contributed by atoms with Crippen LogP contribution in [0.15, 0.2) is 35.1 Å². The number of likely N-dealkylation sites (tertiary alicyclic amines) is 1. The van der Waals surface area contributed by atoms with E-state index in [9.17, 15) is 4.79 Å². The van der Waals surface area contributed by atoms with Crippen molar-refractivity contribution >= 4 is 21.8 Å². The number of aromatic nitrogens is 3. The molecule has 3 rings (SSSR count). The molecule has 0 spiro atoms. The van der Waals surface area contributed by atoms with Gasteiger partial charge in [-0.2, -0.15) is 5.10 Å². The zero-order valence-electron chi connectivity index (χ0n) is 10.9. The lowest BCUT2D eigenvalue weighted by molar-refractivity contribution is 0.0699. The maximum Gasteiger partial charge on any atom is 0.273 e. The van der Waals surface area contributed by atoms with E-state index in [1.807, 2.05) is 23.1 Å². The van der Waals surface area contributed by atoms with Gasteiger partial charge in [0, 0.05) is 41.6 Å². The van der Waals surface area contributed by atoms with Crippen molar-refractivity contribution in [2.45, 2.75) is 18.8 Å². The number of H-pyrrole nitrogens is 1. The Morgan fingerprint density at radius 1 is 1.40 bits per heavy atom. The molecule has 2 aromatic heterocycles. The summed E-state index contributed by atoms with van der Waals surface area (Å²) >= 11 is 3.39. The fourth-order valence-electron chi connectivity index (χ4n) is 2.60. The van der Waals surface area contributed by atoms with Gasteiger partial charge >= 0.3 is 0 Å². The summed E-state index contributed by atoms with van der Waals surface area (Å²) < 4.78 is 0.744. The highest BCUT2D eigenvalue weighted by atomic mass is 79.9. The predicted molar refractivity (Wildman–Crippen MR) is 78.4 cm³/mol. The van der Waals surface area contributed by atoms with Crippen LogP contribution in [-0.4, -0.2) is 39.1 Å². The zero-order valence-corrected chi connectivity index (χ0v) is 12.5. The molecule has 0 saturated carbocycles. The molecule has 1 N–H and O–H groups in total. The summed E-state index contributed by atoms with van der Waals surface area (Å²) in [4.78, 5) is 18.6. The van der Waals surface area contributed by atoms with Crippen molar-refractivity contribution in [3.05, 3.63) is 46.5 Å². The molecule has 1 atom stereocenters. The first kappa shape index (κ1) is 13.3. The molecule has 5 nitrogen and oxygen atoms in total. The molecule has 0 aromatic carbocycles. The number of rotatable bonds is 2. The average molecular weight is 335 g/mol. The highest BCUT2D eigenvalue weighted by molar-refractivity contribution is 9.10. The molecule has 20 heavy (non-hydrogen) atoms. The van der Waals surface area contributed by atoms with Crippen LogP contribution in [0.25, 0.3) is 0 Å². The van der Waals surface area contributed by atoms with Crippen molar-refractivity contribution in [2.75, 3.05) is 13.1 Å². The molecule has 1 saturated heterocycles. The minimum absolute atomic E-state index is 0.0123. The highest BCUT2D eigenvalue weighted by Crippen LogP contribution is 2.27. The Kier molecular flexibility index (Phi) is 3.82. The summed E-state index contributed by atoms with van der Waals surface area (Å²) in [6.07, 6.45) is 5.48. The van der Waals surface area contributed by atoms with Gasteiger partial charge in [-0.25, -0.2) is 4.98 Å². The van der Waals surface area contributed by atoms with Crippen LogP contribution >= 0.6 is 15.9 Å². The van der Waals surface area contributed by atoms with E-state index in [1.54, 1.807) is 12.4 Å². The summed E-state index contributed by atoms with van der Waals surface area (Å²) in [7, 11) is 0. The third-order valence-corrected chi connectivity index (χ3v) is 4.27. The van der Waals surface area contributed by atoms with E-state index in [-0.39, 0.29) is 5.91 Å². The maximum atomic E-state index is 12.5. The Hall–Kier alpha value is -1.69. The number of hydrogen-bond donors (Lipinski definition) is 1. The normalized spacial score (nSPS) is 19.1. The van der Waals surface area contributed by atoms with Crippen molar-refractivity contribution in [3.8, 4) is 0 Å². The van der Waals surface area contributed by atoms with Crippen LogP contribution in [0.3, 0.4) is 0 Å². The average Bonchev–Trinajstić information content (AvgIpc) is 3.01. The van der Waals surface area contributed by atoms with Crippen LogP contribution < -0.4 is 0 Å². The Labute approximate surface area is 125 Å². The first-order valence-electron chi connectivity index (χ1n) is 6.65. The van der Waals surface area contributed by atoms with Crippen molar-refractivity contribution in [2.24, 2.45) is 0 Å². The van der Waals surface area contributed by atoms with Gasteiger partial charge in [0.15, 0.2) is 0 Å². The largest absolute Gasteiger partial charge is 0.337 e. The van der Waals surface area contributed by atoms with Gasteiger partial charge in [0.1, 0.15) is 5.69 Å². The van der Waals surface area contributed by atoms with Crippen LogP contribution in [0.5, 0.6) is 0 Å². The molecule has 1 aliphatic heterocycles. The van der Waals surface area contributed by atoms with Gasteiger partial charge in [0.25, 0.3) is 5.91 Å². The Morgan fingerprint density at radius 2 is 2.30 bits per heavy atom. The third-order valence-electron chi connectivity index (χ3n) is 3.63. The lowest BCUT2D eigenvalue weighted by Gasteiger charge is -2.32. The minimum Gasteiger partial charge on any atom is -0.337 e. The number of carbonyl (C=O) groups excluding carboxylic acids is 1. The van der Waals surface area contributed by atoms with Gasteiger partial charge in [0.2, 0.25) is 0 Å². The monoisotopic (exact) mass is 334 g/mol. The van der Waals surface area contributed by atoms with E-state index >= 15 is 0 Å². The molecule has 6 heteroatoms. The molecule has 2 aromatic rings. The quantitative estimate of drug-likeness (QED) is 0.918. The second-order valence-electron chi connectivity index (χ2n) is 4.94. The molecule has 0 radical (unpaired) electrons. The predicted octanol–water partition coefficient (Wildman–Crippen LogP) is 2.59. The van der Waals surface area contributed by atoms with Gasteiger partial charge < -0.3 is 4.90 Å². The van der Waals surface area contributed by atoms with Gasteiger partial charge in [-0.3, -0.25) is 9.89 Å². The number of aromatic amines is 1. The third kappa shape index (κ3) is 2.60. The Morgan fingerprint density at radius 3 is 3.05 bits per heavy atom. The summed E-state index contributed by atoms with van der Waals surface area (Å²) in [6, 6.07) is 5.64. The van der Waals surface area contributed by atoms with E-state index in [0.717, 1.165) is 29.6 Å². The SMILES string of the molecule is O=C(c1ncccc1Br)N1CCCC(c2ccn[nH]2)C1. The molecular weight excluding hydrogens is 320 g/mol. The van der Waals surface area contributed by atoms with E-state index in [4.69, 9.17) is 0 Å². The van der Waals surface area contributed by atoms with Crippen LogP contribution in [0.1, 0.15) is 34.9 Å². The minimum atomic E-state index is -0.0123. The first-order chi connectivity index (χ1) is 9.75. The number of hydrogen-bond acceptors (Lipinski definition) is 3. The van der Waals surface area contributed by atoms with Crippen molar-refractivity contribution in [3.63, 3.8) is 0 Å². The summed E-state index contributed by atoms with van der Waals surface area (Å²) in [5.74, 6) is 0.319. The summed E-state index contributed by atoms with van der Waals surface area (Å²) in [6.45, 7) is 1.50. The molecule has 104 valence electrons. The number of carbonyl (C=O) groups is 1. The maximum absolute atomic E-state index is 12.5. The number of pyridine rings is 1. The van der Waals surface area contributed by atoms with Crippen molar-refractivity contribution < 1.29 is 4.79 Å². The van der Waals surface area contributed by atoms with E-state index in [2.05, 4.69) is 31.1 Å². The Bertz CT molecular complexity index is 599. The molecule has 1 aliphatic rings. The van der Waals surface area contributed by atoms with Gasteiger partial charge in [-0.1, -0.05) is 0 Å². The molecule has 1 unspecified atom stereocenters. The number of nitrogens with one attached hydrogen (secondary N) is 1. The van der Waals surface area contributed by atoms with Crippen LogP contribution in [0.4, 0.5) is 0 Å². The Balaban J connectivity index is 1.77. The zero-order chi connectivity index (χ0) is 13.9. The standard InChI is InChI=1S/C14H15BrN4O/c15-11-4-1-6-16-13(11)14(20)19-8-2-3-10(9-19)12-5-7-17-18-12/h1,4-7,10H,2-3,8-9H2,(H,17,18). The van der Waals surface area contributed by atoms with Gasteiger partial charge in [-0.15, -0.1) is 0 Å². The van der Waals surface area contributed by atoms with Crippen LogP contribution in [0, 0.1) is 0 Å². The smallest absolute Gasteiger partial charge is 0.273 e. The summed E-state index contributed by atoms with van der Waals surface area (Å²) in [5, 5.41) is 7.00. The molecule has 1 amide bonds. The molecular formula is C14H15BrN4O. The van der Waals surface area contributed by atoms with E-state index in [0.29, 0.717) is 18.2 Å². The van der Waals surface area contributed by atoms with Gasteiger partial charge in [-0.05, 0) is 47.0 Å². The summed E-state index contributed by atoms with van der Waals surface area (Å²) in [5.41, 5.74) is 1.58. The number of piperidine rings is 1. The lowest BCUT2D eigenvalue weighted by Crippen LogP contribution is -2.39. The van der Waals surface area contributed by atoms with E-state index in [1.165, 1.54) is 0 Å². The molecule has 0 bridgehead atoms. The topological polar surface area (TPSA) is 61.9 Å². The first-order valence-corrected chi connectivity index (χ1v) is 7.44. The van der Waals surface area contributed by atoms with E-state index < -0.39 is 0 Å². The number of nitrogens with zero attached hydrogens (tertiary/aromatic N) is 3. The fraction of sp³-hybridized carbons (Fsp3) is 0.357. The van der Waals surface area contributed by atoms with Gasteiger partial charge in [0.05, 0.1) is 0 Å². The second kappa shape index (κ2) is 5.75. The molecule has 0 aliphatic carbocycles. The molecule has 1 fully saturated rings. The lowest BCUT2D eigenvalue weighted by atomic mass is 9.95. The fourth-order valence-corrected chi connectivity index (χ4v) is 3.03. The molecule has 3 heterocycles. The van der Waals surface area contributed by atoms with Crippen molar-refractivity contribution in [1.29, 1.82) is 0 Å². The second-order valence-corrected chi connectivity index (χ2v) is 5.79. The number of halogens is 1. The van der Waals surface area contributed by atoms with Crippen LogP contribution in [-0.2, 0) is 0 Å². The van der Waals surface area contributed by atoms with Crippen LogP contribution in [0.2, 0.25) is 0 Å².